The van der Waals surface area contributed by atoms with E-state index in [1.54, 1.807) is 0 Å². The minimum absolute atomic E-state index is 0. The largest absolute Gasteiger partial charge is 0.384 e. The molecule has 1 aliphatic rings. The zero-order valence-electron chi connectivity index (χ0n) is 5.65. The number of ether oxygens (including phenoxy) is 1. The van der Waals surface area contributed by atoms with Crippen molar-refractivity contribution in [1.29, 1.82) is 0 Å². The molecule has 0 aromatic rings. The quantitative estimate of drug-likeness (QED) is 0.718. The molecule has 0 atom stereocenters. The van der Waals surface area contributed by atoms with E-state index in [1.165, 1.54) is 0 Å². The van der Waals surface area contributed by atoms with Gasteiger partial charge in [0.25, 0.3) is 0 Å². The van der Waals surface area contributed by atoms with Crippen molar-refractivity contribution in [3.8, 4) is 0 Å². The van der Waals surface area contributed by atoms with Crippen LogP contribution in [-0.2, 0) is 4.74 Å². The topological polar surface area (TPSA) is 21.3 Å². The molecule has 11 heavy (non-hydrogen) atoms. The Labute approximate surface area is 68.5 Å². The van der Waals surface area contributed by atoms with Crippen LogP contribution < -0.4 is 5.32 Å². The summed E-state index contributed by atoms with van der Waals surface area (Å²) >= 11 is 0. The number of alkyl halides is 3. The molecular formula is C5H9ClF3NO. The van der Waals surface area contributed by atoms with Gasteiger partial charge in [-0.3, -0.25) is 0 Å². The number of rotatable bonds is 3. The fourth-order valence-electron chi connectivity index (χ4n) is 0.621. The van der Waals surface area contributed by atoms with Gasteiger partial charge in [-0.15, -0.1) is 12.4 Å². The molecule has 68 valence electrons. The molecule has 0 aromatic heterocycles. The summed E-state index contributed by atoms with van der Waals surface area (Å²) in [7, 11) is 0. The highest BCUT2D eigenvalue weighted by Gasteiger charge is 2.35. The maximum atomic E-state index is 12.0. The van der Waals surface area contributed by atoms with Crippen LogP contribution in [0.3, 0.4) is 0 Å². The first-order valence-electron chi connectivity index (χ1n) is 2.96. The van der Waals surface area contributed by atoms with Gasteiger partial charge >= 0.3 is 6.11 Å². The molecule has 0 amide bonds. The zero-order chi connectivity index (χ0) is 7.61. The Bertz CT molecular complexity index is 120. The van der Waals surface area contributed by atoms with E-state index in [1.807, 2.05) is 0 Å². The second kappa shape index (κ2) is 4.13. The molecule has 0 bridgehead atoms. The molecule has 0 spiro atoms. The molecule has 0 saturated carbocycles. The first kappa shape index (κ1) is 11.0. The van der Waals surface area contributed by atoms with Gasteiger partial charge in [0.05, 0.1) is 6.10 Å². The highest BCUT2D eigenvalue weighted by molar-refractivity contribution is 5.85. The van der Waals surface area contributed by atoms with Crippen LogP contribution in [0.25, 0.3) is 0 Å². The third-order valence-electron chi connectivity index (χ3n) is 1.24. The number of hydrogen-bond acceptors (Lipinski definition) is 2. The van der Waals surface area contributed by atoms with E-state index in [4.69, 9.17) is 0 Å². The van der Waals surface area contributed by atoms with Crippen molar-refractivity contribution in [2.75, 3.05) is 19.8 Å². The molecule has 1 N–H and O–H groups in total. The minimum atomic E-state index is -3.59. The summed E-state index contributed by atoms with van der Waals surface area (Å²) in [4.78, 5) is 0. The van der Waals surface area contributed by atoms with Crippen molar-refractivity contribution in [2.24, 2.45) is 0 Å². The molecule has 2 nitrogen and oxygen atoms in total. The molecule has 0 unspecified atom stereocenters. The molecule has 0 aromatic carbocycles. The van der Waals surface area contributed by atoms with Crippen LogP contribution in [0.1, 0.15) is 0 Å². The summed E-state index contributed by atoms with van der Waals surface area (Å²) in [6.07, 6.45) is -4.11. The third kappa shape index (κ3) is 3.27. The van der Waals surface area contributed by atoms with Crippen LogP contribution in [0.4, 0.5) is 13.2 Å². The van der Waals surface area contributed by atoms with Gasteiger partial charge in [0.15, 0.2) is 6.67 Å². The van der Waals surface area contributed by atoms with Gasteiger partial charge in [0, 0.05) is 13.1 Å². The Morgan fingerprint density at radius 1 is 1.45 bits per heavy atom. The number of halogens is 4. The van der Waals surface area contributed by atoms with E-state index in [9.17, 15) is 13.2 Å². The van der Waals surface area contributed by atoms with Crippen LogP contribution in [0, 0.1) is 0 Å². The molecule has 1 fully saturated rings. The lowest BCUT2D eigenvalue weighted by Crippen LogP contribution is -2.51. The Balaban J connectivity index is 0.000001000. The van der Waals surface area contributed by atoms with E-state index in [0.717, 1.165) is 0 Å². The highest BCUT2D eigenvalue weighted by atomic mass is 35.5. The Hall–Kier alpha value is -0.0000000000000000416. The van der Waals surface area contributed by atoms with E-state index in [-0.39, 0.29) is 12.4 Å². The van der Waals surface area contributed by atoms with Crippen molar-refractivity contribution in [3.05, 3.63) is 0 Å². The van der Waals surface area contributed by atoms with Crippen molar-refractivity contribution in [1.82, 2.24) is 5.32 Å². The smallest absolute Gasteiger partial charge is 0.312 e. The second-order valence-corrected chi connectivity index (χ2v) is 2.17. The second-order valence-electron chi connectivity index (χ2n) is 2.17. The average Bonchev–Trinajstić information content (AvgIpc) is 1.80. The monoisotopic (exact) mass is 191 g/mol. The van der Waals surface area contributed by atoms with Gasteiger partial charge in [-0.25, -0.2) is 4.39 Å². The minimum Gasteiger partial charge on any atom is -0.312 e. The van der Waals surface area contributed by atoms with Crippen LogP contribution in [0.2, 0.25) is 0 Å². The average molecular weight is 192 g/mol. The molecular weight excluding hydrogens is 183 g/mol. The summed E-state index contributed by atoms with van der Waals surface area (Å²) < 4.78 is 39.4. The van der Waals surface area contributed by atoms with Gasteiger partial charge in [0.2, 0.25) is 0 Å². The fraction of sp³-hybridized carbons (Fsp3) is 1.00. The molecule has 1 saturated heterocycles. The van der Waals surface area contributed by atoms with Gasteiger partial charge in [-0.1, -0.05) is 0 Å². The maximum Gasteiger partial charge on any atom is 0.384 e. The Morgan fingerprint density at radius 3 is 2.27 bits per heavy atom. The Kier molecular flexibility index (Phi) is 4.13. The van der Waals surface area contributed by atoms with Gasteiger partial charge in [0.1, 0.15) is 0 Å². The van der Waals surface area contributed by atoms with Crippen molar-refractivity contribution < 1.29 is 17.9 Å². The predicted molar refractivity (Wildman–Crippen MR) is 35.9 cm³/mol. The van der Waals surface area contributed by atoms with E-state index in [0.29, 0.717) is 13.1 Å². The van der Waals surface area contributed by atoms with Gasteiger partial charge in [-0.2, -0.15) is 8.78 Å². The standard InChI is InChI=1S/C5H8F3NO.ClH/c6-3-5(7,8)10-4-1-9-2-4;/h4,9H,1-3H2;1H. The third-order valence-corrected chi connectivity index (χ3v) is 1.24. The summed E-state index contributed by atoms with van der Waals surface area (Å²) in [5.74, 6) is 0. The normalized spacial score (nSPS) is 18.8. The van der Waals surface area contributed by atoms with Crippen LogP contribution in [0.15, 0.2) is 0 Å². The van der Waals surface area contributed by atoms with Gasteiger partial charge in [-0.05, 0) is 0 Å². The summed E-state index contributed by atoms with van der Waals surface area (Å²) in [6.45, 7) is -0.978. The lowest BCUT2D eigenvalue weighted by Gasteiger charge is -2.29. The molecule has 0 aliphatic carbocycles. The fourth-order valence-corrected chi connectivity index (χ4v) is 0.621. The zero-order valence-corrected chi connectivity index (χ0v) is 6.47. The van der Waals surface area contributed by atoms with Crippen molar-refractivity contribution in [2.45, 2.75) is 12.2 Å². The Morgan fingerprint density at radius 2 is 2.00 bits per heavy atom. The number of hydrogen-bond donors (Lipinski definition) is 1. The van der Waals surface area contributed by atoms with Crippen LogP contribution in [-0.4, -0.2) is 32.0 Å². The SMILES string of the molecule is Cl.FCC(F)(F)OC1CNC1. The van der Waals surface area contributed by atoms with E-state index in [2.05, 4.69) is 10.1 Å². The molecule has 1 heterocycles. The van der Waals surface area contributed by atoms with Crippen molar-refractivity contribution in [3.63, 3.8) is 0 Å². The molecule has 0 radical (unpaired) electrons. The molecule has 6 heteroatoms. The van der Waals surface area contributed by atoms with E-state index >= 15 is 0 Å². The van der Waals surface area contributed by atoms with Crippen LogP contribution in [0.5, 0.6) is 0 Å². The molecule has 1 rings (SSSR count). The predicted octanol–water partition coefficient (Wildman–Crippen LogP) is 0.959. The first-order valence-corrected chi connectivity index (χ1v) is 2.96. The number of nitrogens with one attached hydrogen (secondary N) is 1. The lowest BCUT2D eigenvalue weighted by atomic mass is 10.2. The molecule has 1 aliphatic heterocycles. The summed E-state index contributed by atoms with van der Waals surface area (Å²) in [6, 6.07) is 0. The van der Waals surface area contributed by atoms with Gasteiger partial charge < -0.3 is 10.1 Å². The lowest BCUT2D eigenvalue weighted by molar-refractivity contribution is -0.275. The van der Waals surface area contributed by atoms with Crippen LogP contribution >= 0.6 is 12.4 Å². The van der Waals surface area contributed by atoms with E-state index < -0.39 is 18.9 Å². The maximum absolute atomic E-state index is 12.0. The highest BCUT2D eigenvalue weighted by Crippen LogP contribution is 2.19. The van der Waals surface area contributed by atoms with Crippen molar-refractivity contribution >= 4 is 12.4 Å². The summed E-state index contributed by atoms with van der Waals surface area (Å²) in [5, 5.41) is 2.73. The summed E-state index contributed by atoms with van der Waals surface area (Å²) in [5.41, 5.74) is 0. The first-order chi connectivity index (χ1) is 4.64.